The van der Waals surface area contributed by atoms with Crippen molar-refractivity contribution in [2.45, 2.75) is 94.7 Å². The first-order valence-corrected chi connectivity index (χ1v) is 18.1. The second kappa shape index (κ2) is 11.6. The summed E-state index contributed by atoms with van der Waals surface area (Å²) < 4.78 is 22.9. The Kier molecular flexibility index (Phi) is 8.47. The van der Waals surface area contributed by atoms with Crippen LogP contribution >= 0.6 is 0 Å². The van der Waals surface area contributed by atoms with Gasteiger partial charge in [0.05, 0.1) is 30.9 Å². The zero-order valence-corrected chi connectivity index (χ0v) is 25.6. The largest absolute Gasteiger partial charge is 0.394 e. The molecule has 41 heavy (non-hydrogen) atoms. The summed E-state index contributed by atoms with van der Waals surface area (Å²) in [5.41, 5.74) is -0.0392. The van der Waals surface area contributed by atoms with Crippen LogP contribution in [0.1, 0.15) is 63.9 Å². The minimum Gasteiger partial charge on any atom is -0.394 e. The van der Waals surface area contributed by atoms with E-state index in [4.69, 9.17) is 4.74 Å². The van der Waals surface area contributed by atoms with Crippen LogP contribution in [0.3, 0.4) is 0 Å². The summed E-state index contributed by atoms with van der Waals surface area (Å²) in [5, 5.41) is 9.78. The second-order valence-electron chi connectivity index (χ2n) is 12.7. The number of halogens is 1. The fourth-order valence-electron chi connectivity index (χ4n) is 7.79. The predicted octanol–water partition coefficient (Wildman–Crippen LogP) is 4.66. The Morgan fingerprint density at radius 1 is 1.20 bits per heavy atom. The molecule has 0 aromatic heterocycles. The third-order valence-electron chi connectivity index (χ3n) is 9.68. The highest BCUT2D eigenvalue weighted by Crippen LogP contribution is 2.60. The van der Waals surface area contributed by atoms with Gasteiger partial charge in [0, 0.05) is 48.8 Å². The summed E-state index contributed by atoms with van der Waals surface area (Å²) in [6.07, 6.45) is 6.74. The molecule has 4 aliphatic rings. The van der Waals surface area contributed by atoms with Crippen molar-refractivity contribution in [1.29, 1.82) is 0 Å². The highest BCUT2D eigenvalue weighted by molar-refractivity contribution is 6.72. The molecule has 0 aliphatic carbocycles. The van der Waals surface area contributed by atoms with Gasteiger partial charge in [-0.2, -0.15) is 0 Å². The van der Waals surface area contributed by atoms with Crippen molar-refractivity contribution < 1.29 is 28.3 Å². The molecule has 10 heteroatoms. The molecule has 3 amide bonds. The molecule has 8 nitrogen and oxygen atoms in total. The summed E-state index contributed by atoms with van der Waals surface area (Å²) in [6.45, 7) is 10.3. The van der Waals surface area contributed by atoms with Gasteiger partial charge < -0.3 is 28.7 Å². The smallest absolute Gasteiger partial charge is 0.264 e. The molecule has 4 aliphatic heterocycles. The molecule has 5 rings (SSSR count). The number of carbonyl (C=O) groups excluding carboxylic acids is 3. The number of carbonyl (C=O) groups is 3. The van der Waals surface area contributed by atoms with Crippen LogP contribution in [0, 0.1) is 5.92 Å². The quantitative estimate of drug-likeness (QED) is 0.286. The molecule has 4 heterocycles. The van der Waals surface area contributed by atoms with Crippen LogP contribution in [0.25, 0.3) is 0 Å². The maximum atomic E-state index is 16.2. The number of benzene rings is 1. The van der Waals surface area contributed by atoms with Crippen molar-refractivity contribution >= 4 is 37.5 Å². The highest BCUT2D eigenvalue weighted by atomic mass is 28.4. The Balaban J connectivity index is 1.56. The summed E-state index contributed by atoms with van der Waals surface area (Å²) in [7, 11) is -3.44. The van der Waals surface area contributed by atoms with E-state index in [1.54, 1.807) is 29.0 Å². The maximum Gasteiger partial charge on any atom is 0.264 e. The number of aliphatic hydroxyl groups excluding tert-OH is 1. The number of likely N-dealkylation sites (tertiary alicyclic amines) is 1. The van der Waals surface area contributed by atoms with Gasteiger partial charge in [-0.05, 0) is 57.0 Å². The first kappa shape index (κ1) is 29.9. The third kappa shape index (κ3) is 5.16. The Morgan fingerprint density at radius 2 is 1.95 bits per heavy atom. The fraction of sp³-hybridized carbons (Fsp3) is 0.645. The molecular formula is C31H44FN3O5Si. The number of hydrogen-bond donors (Lipinski definition) is 1. The molecule has 1 aromatic carbocycles. The first-order valence-electron chi connectivity index (χ1n) is 15.2. The summed E-state index contributed by atoms with van der Waals surface area (Å²) in [5.74, 6) is -0.913. The molecule has 0 unspecified atom stereocenters. The van der Waals surface area contributed by atoms with Gasteiger partial charge in [0.2, 0.25) is 20.2 Å². The molecule has 1 spiro atoms. The Morgan fingerprint density at radius 3 is 2.66 bits per heavy atom. The van der Waals surface area contributed by atoms with Gasteiger partial charge in [-0.15, -0.1) is 6.58 Å². The molecule has 0 bridgehead atoms. The van der Waals surface area contributed by atoms with Crippen LogP contribution in [-0.2, 0) is 24.7 Å². The summed E-state index contributed by atoms with van der Waals surface area (Å²) >= 11 is 0. The lowest BCUT2D eigenvalue weighted by atomic mass is 9.82. The predicted molar refractivity (Wildman–Crippen MR) is 159 cm³/mol. The number of anilines is 2. The van der Waals surface area contributed by atoms with Crippen molar-refractivity contribution in [1.82, 2.24) is 4.90 Å². The highest BCUT2D eigenvalue weighted by Gasteiger charge is 2.67. The van der Waals surface area contributed by atoms with Gasteiger partial charge in [0.1, 0.15) is 0 Å². The van der Waals surface area contributed by atoms with Crippen molar-refractivity contribution in [3.05, 3.63) is 36.4 Å². The molecule has 0 radical (unpaired) electrons. The van der Waals surface area contributed by atoms with Crippen LogP contribution in [0.4, 0.5) is 15.5 Å². The molecule has 0 saturated carbocycles. The van der Waals surface area contributed by atoms with Crippen LogP contribution < -0.4 is 9.80 Å². The van der Waals surface area contributed by atoms with Gasteiger partial charge in [-0.1, -0.05) is 25.8 Å². The van der Waals surface area contributed by atoms with Crippen LogP contribution in [-0.4, -0.2) is 74.5 Å². The molecular weight excluding hydrogens is 541 g/mol. The normalized spacial score (nSPS) is 30.6. The fourth-order valence-corrected chi connectivity index (χ4v) is 10.3. The maximum absolute atomic E-state index is 16.2. The van der Waals surface area contributed by atoms with E-state index in [2.05, 4.69) is 6.58 Å². The summed E-state index contributed by atoms with van der Waals surface area (Å²) in [6, 6.07) is 5.40. The average molecular weight is 586 g/mol. The van der Waals surface area contributed by atoms with Gasteiger partial charge in [-0.3, -0.25) is 14.4 Å². The van der Waals surface area contributed by atoms with Crippen molar-refractivity contribution in [3.63, 3.8) is 0 Å². The number of fused-ring (bicyclic) bond motifs is 2. The third-order valence-corrected chi connectivity index (χ3v) is 12.1. The van der Waals surface area contributed by atoms with E-state index in [0.717, 1.165) is 44.2 Å². The van der Waals surface area contributed by atoms with Gasteiger partial charge in [-0.25, -0.2) is 0 Å². The topological polar surface area (TPSA) is 90.4 Å². The van der Waals surface area contributed by atoms with E-state index in [9.17, 15) is 19.5 Å². The van der Waals surface area contributed by atoms with Crippen LogP contribution in [0.5, 0.6) is 0 Å². The first-order chi connectivity index (χ1) is 19.5. The zero-order chi connectivity index (χ0) is 29.5. The van der Waals surface area contributed by atoms with E-state index in [0.29, 0.717) is 30.8 Å². The Hall–Kier alpha value is -2.56. The van der Waals surface area contributed by atoms with Gasteiger partial charge >= 0.3 is 0 Å². The zero-order valence-electron chi connectivity index (χ0n) is 24.6. The number of rotatable bonds is 7. The van der Waals surface area contributed by atoms with Crippen molar-refractivity contribution in [3.8, 4) is 0 Å². The lowest BCUT2D eigenvalue weighted by molar-refractivity contribution is -0.149. The number of nitrogens with zero attached hydrogens (tertiary/aromatic N) is 3. The molecule has 1 N–H and O–H groups in total. The van der Waals surface area contributed by atoms with Crippen LogP contribution in [0.15, 0.2) is 30.9 Å². The minimum absolute atomic E-state index is 0.0397. The summed E-state index contributed by atoms with van der Waals surface area (Å²) in [4.78, 5) is 46.0. The van der Waals surface area contributed by atoms with Crippen LogP contribution in [0.2, 0.25) is 18.6 Å². The number of hydrogen-bond acceptors (Lipinski definition) is 5. The second-order valence-corrected chi connectivity index (χ2v) is 16.5. The van der Waals surface area contributed by atoms with E-state index in [1.165, 1.54) is 0 Å². The number of amides is 3. The van der Waals surface area contributed by atoms with E-state index < -0.39 is 31.6 Å². The molecule has 3 saturated heterocycles. The molecule has 224 valence electrons. The monoisotopic (exact) mass is 585 g/mol. The van der Waals surface area contributed by atoms with Crippen molar-refractivity contribution in [2.24, 2.45) is 5.92 Å². The lowest BCUT2D eigenvalue weighted by Gasteiger charge is -2.32. The standard InChI is InChI=1S/C31H44FN3O5Si/c1-5-15-35-25-14-13-22(33-16-9-7-6-8-12-27(33)37)18-24(25)31(30(35)39)21(2)29(41(3,4)32)26(40-31)19-28(38)34-17-10-11-23(34)20-36/h5,13-14,18,21,23,26,29,36H,1,6-12,15-17,19-20H2,2-4H3/t21-,23+,26+,29-,31+/m1/s1. The van der Waals surface area contributed by atoms with Gasteiger partial charge in [0.15, 0.2) is 5.60 Å². The van der Waals surface area contributed by atoms with E-state index in [1.807, 2.05) is 30.0 Å². The van der Waals surface area contributed by atoms with E-state index in [-0.39, 0.29) is 43.3 Å². The molecule has 3 fully saturated rings. The minimum atomic E-state index is -3.44. The Bertz CT molecular complexity index is 1200. The van der Waals surface area contributed by atoms with Gasteiger partial charge in [0.25, 0.3) is 5.91 Å². The number of aliphatic hydroxyl groups is 1. The lowest BCUT2D eigenvalue weighted by Crippen LogP contribution is -2.45. The molecule has 1 aromatic rings. The Labute approximate surface area is 243 Å². The SMILES string of the molecule is C=CCN1C(=O)[C@@]2(O[C@@H](CC(=O)N3CCC[C@H]3CO)[C@H]([Si](C)(C)F)[C@H]2C)c2cc(N3CCCCCCC3=O)ccc21. The number of ether oxygens (including phenoxy) is 1. The van der Waals surface area contributed by atoms with E-state index >= 15 is 4.11 Å². The average Bonchev–Trinajstić information content (AvgIpc) is 3.57. The molecule has 5 atom stereocenters. The van der Waals surface area contributed by atoms with Crippen molar-refractivity contribution in [2.75, 3.05) is 36.0 Å².